The summed E-state index contributed by atoms with van der Waals surface area (Å²) >= 11 is 0. The summed E-state index contributed by atoms with van der Waals surface area (Å²) in [5.41, 5.74) is 0. The molecule has 2 bridgehead atoms. The molecule has 0 aromatic heterocycles. The van der Waals surface area contributed by atoms with E-state index in [0.29, 0.717) is 24.2 Å². The Morgan fingerprint density at radius 3 is 2.33 bits per heavy atom. The molecule has 0 saturated carbocycles. The van der Waals surface area contributed by atoms with Gasteiger partial charge in [-0.2, -0.15) is 0 Å². The molecule has 3 heteroatoms. The van der Waals surface area contributed by atoms with E-state index >= 15 is 0 Å². The number of nitrogens with zero attached hydrogens (tertiary/aromatic N) is 2. The summed E-state index contributed by atoms with van der Waals surface area (Å²) in [6.07, 6.45) is 2.83. The van der Waals surface area contributed by atoms with E-state index in [1.165, 1.54) is 12.8 Å². The number of hydrogen-bond acceptors (Lipinski definition) is 2. The van der Waals surface area contributed by atoms with Gasteiger partial charge in [-0.1, -0.05) is 13.8 Å². The molecule has 0 aliphatic carbocycles. The van der Waals surface area contributed by atoms with Gasteiger partial charge in [0.1, 0.15) is 0 Å². The van der Waals surface area contributed by atoms with Gasteiger partial charge >= 0.3 is 0 Å². The van der Waals surface area contributed by atoms with Crippen molar-refractivity contribution in [2.45, 2.75) is 58.8 Å². The van der Waals surface area contributed by atoms with Gasteiger partial charge in [-0.15, -0.1) is 0 Å². The summed E-state index contributed by atoms with van der Waals surface area (Å²) in [5.74, 6) is 0.464. The Balaban J connectivity index is 2.11. The average Bonchev–Trinajstić information content (AvgIpc) is 2.72. The van der Waals surface area contributed by atoms with Gasteiger partial charge in [-0.05, 0) is 26.7 Å². The fourth-order valence-electron chi connectivity index (χ4n) is 3.07. The second-order valence-corrected chi connectivity index (χ2v) is 5.40. The first kappa shape index (κ1) is 10.9. The molecule has 0 aromatic rings. The molecule has 3 nitrogen and oxygen atoms in total. The van der Waals surface area contributed by atoms with Crippen molar-refractivity contribution >= 4 is 5.91 Å². The van der Waals surface area contributed by atoms with Crippen LogP contribution in [0.4, 0.5) is 0 Å². The first-order valence-electron chi connectivity index (χ1n) is 6.10. The number of rotatable bonds is 2. The minimum absolute atomic E-state index is 0.137. The van der Waals surface area contributed by atoms with Gasteiger partial charge in [0.15, 0.2) is 0 Å². The normalized spacial score (nSPS) is 30.9. The van der Waals surface area contributed by atoms with E-state index < -0.39 is 0 Å². The fourth-order valence-corrected chi connectivity index (χ4v) is 3.07. The summed E-state index contributed by atoms with van der Waals surface area (Å²) in [5, 5.41) is 0. The van der Waals surface area contributed by atoms with Crippen molar-refractivity contribution < 1.29 is 4.79 Å². The zero-order valence-electron chi connectivity index (χ0n) is 10.2. The first-order chi connectivity index (χ1) is 7.02. The molecule has 0 radical (unpaired) electrons. The third-order valence-corrected chi connectivity index (χ3v) is 3.66. The number of carbonyl (C=O) groups is 1. The van der Waals surface area contributed by atoms with Crippen molar-refractivity contribution in [1.29, 1.82) is 0 Å². The van der Waals surface area contributed by atoms with Gasteiger partial charge in [-0.25, -0.2) is 0 Å². The van der Waals surface area contributed by atoms with Crippen LogP contribution < -0.4 is 0 Å². The maximum absolute atomic E-state index is 12.0. The van der Waals surface area contributed by atoms with Crippen molar-refractivity contribution in [3.8, 4) is 0 Å². The zero-order chi connectivity index (χ0) is 11.2. The highest BCUT2D eigenvalue weighted by atomic mass is 16.2. The van der Waals surface area contributed by atoms with Crippen LogP contribution in [-0.2, 0) is 4.79 Å². The molecular weight excluding hydrogens is 188 g/mol. The minimum atomic E-state index is 0.137. The largest absolute Gasteiger partial charge is 0.325 e. The van der Waals surface area contributed by atoms with Crippen molar-refractivity contribution in [3.05, 3.63) is 0 Å². The summed E-state index contributed by atoms with van der Waals surface area (Å²) in [6, 6.07) is 1.19. The highest BCUT2D eigenvalue weighted by Crippen LogP contribution is 2.36. The van der Waals surface area contributed by atoms with Crippen LogP contribution in [0.1, 0.15) is 40.5 Å². The number of piperidine rings is 1. The Morgan fingerprint density at radius 1 is 1.20 bits per heavy atom. The SMILES string of the molecule is CC(C)C(=O)N1CC2CCC1N2C(C)C. The molecule has 2 atom stereocenters. The predicted molar refractivity (Wildman–Crippen MR) is 60.3 cm³/mol. The maximum atomic E-state index is 12.0. The lowest BCUT2D eigenvalue weighted by Crippen LogP contribution is -2.44. The lowest BCUT2D eigenvalue weighted by molar-refractivity contribution is -0.137. The fraction of sp³-hybridized carbons (Fsp3) is 0.917. The van der Waals surface area contributed by atoms with E-state index in [-0.39, 0.29) is 5.92 Å². The van der Waals surface area contributed by atoms with E-state index in [2.05, 4.69) is 23.6 Å². The van der Waals surface area contributed by atoms with Gasteiger partial charge < -0.3 is 4.90 Å². The third kappa shape index (κ3) is 1.67. The van der Waals surface area contributed by atoms with Crippen LogP contribution in [0.2, 0.25) is 0 Å². The van der Waals surface area contributed by atoms with Crippen LogP contribution in [0.15, 0.2) is 0 Å². The van der Waals surface area contributed by atoms with Gasteiger partial charge in [0, 0.05) is 24.5 Å². The number of hydrogen-bond donors (Lipinski definition) is 0. The number of carbonyl (C=O) groups excluding carboxylic acids is 1. The highest BCUT2D eigenvalue weighted by Gasteiger charge is 2.47. The van der Waals surface area contributed by atoms with Crippen molar-refractivity contribution in [2.75, 3.05) is 6.54 Å². The molecule has 2 rings (SSSR count). The molecule has 0 N–H and O–H groups in total. The van der Waals surface area contributed by atoms with Gasteiger partial charge in [0.25, 0.3) is 0 Å². The Hall–Kier alpha value is -0.570. The zero-order valence-corrected chi connectivity index (χ0v) is 10.2. The van der Waals surface area contributed by atoms with Crippen LogP contribution in [-0.4, -0.2) is 40.5 Å². The Labute approximate surface area is 92.4 Å². The number of fused-ring (bicyclic) bond motifs is 2. The van der Waals surface area contributed by atoms with Crippen molar-refractivity contribution in [2.24, 2.45) is 5.92 Å². The molecule has 2 fully saturated rings. The third-order valence-electron chi connectivity index (χ3n) is 3.66. The first-order valence-corrected chi connectivity index (χ1v) is 6.10. The van der Waals surface area contributed by atoms with Crippen LogP contribution in [0.25, 0.3) is 0 Å². The summed E-state index contributed by atoms with van der Waals surface area (Å²) in [6.45, 7) is 9.41. The van der Waals surface area contributed by atoms with E-state index in [9.17, 15) is 4.79 Å². The smallest absolute Gasteiger partial charge is 0.226 e. The minimum Gasteiger partial charge on any atom is -0.325 e. The quantitative estimate of drug-likeness (QED) is 0.692. The monoisotopic (exact) mass is 210 g/mol. The van der Waals surface area contributed by atoms with Gasteiger partial charge in [0.05, 0.1) is 6.17 Å². The summed E-state index contributed by atoms with van der Waals surface area (Å²) in [4.78, 5) is 16.6. The molecule has 2 heterocycles. The molecule has 86 valence electrons. The molecular formula is C12H22N2O. The van der Waals surface area contributed by atoms with E-state index in [0.717, 1.165) is 6.54 Å². The Morgan fingerprint density at radius 2 is 1.87 bits per heavy atom. The van der Waals surface area contributed by atoms with Crippen LogP contribution in [0.3, 0.4) is 0 Å². The second-order valence-electron chi connectivity index (χ2n) is 5.40. The molecule has 2 saturated heterocycles. The van der Waals surface area contributed by atoms with Gasteiger partial charge in [-0.3, -0.25) is 9.69 Å². The molecule has 0 aromatic carbocycles. The van der Waals surface area contributed by atoms with E-state index in [1.54, 1.807) is 0 Å². The maximum Gasteiger partial charge on any atom is 0.226 e. The Kier molecular flexibility index (Phi) is 2.75. The van der Waals surface area contributed by atoms with Crippen molar-refractivity contribution in [1.82, 2.24) is 9.80 Å². The summed E-state index contributed by atoms with van der Waals surface area (Å²) in [7, 11) is 0. The second kappa shape index (κ2) is 3.78. The highest BCUT2D eigenvalue weighted by molar-refractivity contribution is 5.79. The number of likely N-dealkylation sites (tertiary alicyclic amines) is 1. The molecule has 2 aliphatic heterocycles. The van der Waals surface area contributed by atoms with E-state index in [4.69, 9.17) is 0 Å². The lowest BCUT2D eigenvalue weighted by atomic mass is 10.1. The standard InChI is InChI=1S/C12H22N2O/c1-8(2)12(15)13-7-10-5-6-11(13)14(10)9(3)4/h8-11H,5-7H2,1-4H3. The molecule has 2 aliphatic rings. The Bertz CT molecular complexity index is 262. The number of amides is 1. The lowest BCUT2D eigenvalue weighted by Gasteiger charge is -2.30. The van der Waals surface area contributed by atoms with Crippen LogP contribution in [0.5, 0.6) is 0 Å². The molecule has 0 spiro atoms. The molecule has 2 unspecified atom stereocenters. The predicted octanol–water partition coefficient (Wildman–Crippen LogP) is 1.68. The average molecular weight is 210 g/mol. The van der Waals surface area contributed by atoms with Crippen molar-refractivity contribution in [3.63, 3.8) is 0 Å². The molecule has 1 amide bonds. The van der Waals surface area contributed by atoms with E-state index in [1.807, 2.05) is 13.8 Å². The molecule has 15 heavy (non-hydrogen) atoms. The topological polar surface area (TPSA) is 23.6 Å². The van der Waals surface area contributed by atoms with Crippen LogP contribution >= 0.6 is 0 Å². The van der Waals surface area contributed by atoms with Crippen LogP contribution in [0, 0.1) is 5.92 Å². The summed E-state index contributed by atoms with van der Waals surface area (Å²) < 4.78 is 0. The van der Waals surface area contributed by atoms with Gasteiger partial charge in [0.2, 0.25) is 5.91 Å².